The van der Waals surface area contributed by atoms with Crippen molar-refractivity contribution < 1.29 is 4.74 Å². The molecule has 0 radical (unpaired) electrons. The minimum Gasteiger partial charge on any atom is -0.383 e. The SMILES string of the molecule is COCC(C)n1cc(C)nc1NC1CC1C. The number of aryl methyl sites for hydroxylation is 1. The fraction of sp³-hybridized carbons (Fsp3) is 0.750. The Morgan fingerprint density at radius 3 is 2.94 bits per heavy atom. The van der Waals surface area contributed by atoms with Crippen LogP contribution in [0.3, 0.4) is 0 Å². The van der Waals surface area contributed by atoms with E-state index in [0.717, 1.165) is 17.6 Å². The molecule has 1 saturated carbocycles. The second-order valence-electron chi connectivity index (χ2n) is 4.88. The first-order valence-corrected chi connectivity index (χ1v) is 5.92. The van der Waals surface area contributed by atoms with Crippen molar-refractivity contribution in [2.24, 2.45) is 5.92 Å². The number of aromatic nitrogens is 2. The van der Waals surface area contributed by atoms with E-state index in [9.17, 15) is 0 Å². The molecule has 1 aliphatic carbocycles. The Hall–Kier alpha value is -1.03. The monoisotopic (exact) mass is 223 g/mol. The van der Waals surface area contributed by atoms with Gasteiger partial charge in [0.1, 0.15) is 0 Å². The molecule has 0 aromatic carbocycles. The summed E-state index contributed by atoms with van der Waals surface area (Å²) in [5.74, 6) is 1.76. The Kier molecular flexibility index (Phi) is 3.19. The zero-order valence-electron chi connectivity index (χ0n) is 10.5. The van der Waals surface area contributed by atoms with Crippen LogP contribution in [0.15, 0.2) is 6.20 Å². The number of hydrogen-bond donors (Lipinski definition) is 1. The van der Waals surface area contributed by atoms with Crippen molar-refractivity contribution in [1.82, 2.24) is 9.55 Å². The largest absolute Gasteiger partial charge is 0.383 e. The van der Waals surface area contributed by atoms with Crippen LogP contribution in [0.1, 0.15) is 32.0 Å². The third-order valence-corrected chi connectivity index (χ3v) is 3.16. The summed E-state index contributed by atoms with van der Waals surface area (Å²) in [6.07, 6.45) is 3.34. The van der Waals surface area contributed by atoms with Crippen LogP contribution < -0.4 is 5.32 Å². The normalized spacial score (nSPS) is 25.5. The Morgan fingerprint density at radius 2 is 2.38 bits per heavy atom. The van der Waals surface area contributed by atoms with Crippen LogP contribution in [0, 0.1) is 12.8 Å². The number of hydrogen-bond acceptors (Lipinski definition) is 3. The van der Waals surface area contributed by atoms with Crippen molar-refractivity contribution in [3.05, 3.63) is 11.9 Å². The first-order valence-electron chi connectivity index (χ1n) is 5.92. The van der Waals surface area contributed by atoms with Gasteiger partial charge in [-0.05, 0) is 26.2 Å². The molecule has 1 N–H and O–H groups in total. The number of anilines is 1. The van der Waals surface area contributed by atoms with Crippen LogP contribution >= 0.6 is 0 Å². The van der Waals surface area contributed by atoms with Crippen LogP contribution in [-0.2, 0) is 4.74 Å². The van der Waals surface area contributed by atoms with Crippen molar-refractivity contribution in [3.63, 3.8) is 0 Å². The summed E-state index contributed by atoms with van der Waals surface area (Å²) < 4.78 is 7.36. The van der Waals surface area contributed by atoms with Gasteiger partial charge in [-0.2, -0.15) is 0 Å². The van der Waals surface area contributed by atoms with Gasteiger partial charge in [0.15, 0.2) is 0 Å². The van der Waals surface area contributed by atoms with E-state index in [1.54, 1.807) is 7.11 Å². The molecule has 4 heteroatoms. The highest BCUT2D eigenvalue weighted by atomic mass is 16.5. The molecule has 0 spiro atoms. The zero-order chi connectivity index (χ0) is 11.7. The van der Waals surface area contributed by atoms with Crippen molar-refractivity contribution in [1.29, 1.82) is 0 Å². The van der Waals surface area contributed by atoms with Gasteiger partial charge in [0.25, 0.3) is 0 Å². The van der Waals surface area contributed by atoms with Gasteiger partial charge in [0.2, 0.25) is 5.95 Å². The zero-order valence-corrected chi connectivity index (χ0v) is 10.5. The number of imidazole rings is 1. The third kappa shape index (κ3) is 2.38. The van der Waals surface area contributed by atoms with Crippen LogP contribution in [-0.4, -0.2) is 29.3 Å². The molecule has 90 valence electrons. The maximum Gasteiger partial charge on any atom is 0.203 e. The Labute approximate surface area is 97.0 Å². The predicted octanol–water partition coefficient (Wildman–Crippen LogP) is 2.22. The van der Waals surface area contributed by atoms with E-state index in [1.165, 1.54) is 6.42 Å². The average Bonchev–Trinajstić information content (AvgIpc) is 2.75. The fourth-order valence-corrected chi connectivity index (χ4v) is 1.97. The lowest BCUT2D eigenvalue weighted by Gasteiger charge is -2.16. The smallest absolute Gasteiger partial charge is 0.203 e. The van der Waals surface area contributed by atoms with E-state index in [1.807, 2.05) is 6.92 Å². The summed E-state index contributed by atoms with van der Waals surface area (Å²) >= 11 is 0. The van der Waals surface area contributed by atoms with Crippen LogP contribution in [0.2, 0.25) is 0 Å². The van der Waals surface area contributed by atoms with Crippen molar-refractivity contribution in [2.75, 3.05) is 19.0 Å². The quantitative estimate of drug-likeness (QED) is 0.832. The van der Waals surface area contributed by atoms with Crippen LogP contribution in [0.25, 0.3) is 0 Å². The Bertz CT molecular complexity index is 361. The van der Waals surface area contributed by atoms with Gasteiger partial charge < -0.3 is 14.6 Å². The first-order chi connectivity index (χ1) is 7.61. The van der Waals surface area contributed by atoms with Crippen molar-refractivity contribution in [3.8, 4) is 0 Å². The number of methoxy groups -OCH3 is 1. The molecule has 3 atom stereocenters. The molecule has 1 aromatic rings. The molecule has 1 aromatic heterocycles. The Balaban J connectivity index is 2.09. The van der Waals surface area contributed by atoms with E-state index in [-0.39, 0.29) is 0 Å². The third-order valence-electron chi connectivity index (χ3n) is 3.16. The molecule has 1 fully saturated rings. The summed E-state index contributed by atoms with van der Waals surface area (Å²) in [6, 6.07) is 0.929. The van der Waals surface area contributed by atoms with Crippen LogP contribution in [0.5, 0.6) is 0 Å². The van der Waals surface area contributed by atoms with Gasteiger partial charge in [0.05, 0.1) is 18.3 Å². The lowest BCUT2D eigenvalue weighted by molar-refractivity contribution is 0.163. The predicted molar refractivity (Wildman–Crippen MR) is 64.7 cm³/mol. The molecule has 3 unspecified atom stereocenters. The molecule has 16 heavy (non-hydrogen) atoms. The minimum absolute atomic E-state index is 0.322. The summed E-state index contributed by atoms with van der Waals surface area (Å²) in [5.41, 5.74) is 1.05. The lowest BCUT2D eigenvalue weighted by atomic mass is 10.3. The van der Waals surface area contributed by atoms with E-state index in [2.05, 4.69) is 34.9 Å². The molecule has 0 bridgehead atoms. The number of ether oxygens (including phenoxy) is 1. The van der Waals surface area contributed by atoms with Gasteiger partial charge in [-0.3, -0.25) is 0 Å². The number of nitrogens with zero attached hydrogens (tertiary/aromatic N) is 2. The molecule has 4 nitrogen and oxygen atoms in total. The van der Waals surface area contributed by atoms with E-state index < -0.39 is 0 Å². The summed E-state index contributed by atoms with van der Waals surface area (Å²) in [7, 11) is 1.73. The second-order valence-corrected chi connectivity index (χ2v) is 4.88. The highest BCUT2D eigenvalue weighted by Gasteiger charge is 2.33. The second kappa shape index (κ2) is 4.45. The van der Waals surface area contributed by atoms with Gasteiger partial charge in [-0.1, -0.05) is 6.92 Å². The average molecular weight is 223 g/mol. The highest BCUT2D eigenvalue weighted by Crippen LogP contribution is 2.32. The molecular weight excluding hydrogens is 202 g/mol. The van der Waals surface area contributed by atoms with Crippen LogP contribution in [0.4, 0.5) is 5.95 Å². The minimum atomic E-state index is 0.322. The summed E-state index contributed by atoms with van der Waals surface area (Å²) in [4.78, 5) is 4.52. The first kappa shape index (κ1) is 11.5. The Morgan fingerprint density at radius 1 is 1.69 bits per heavy atom. The molecule has 0 saturated heterocycles. The van der Waals surface area contributed by atoms with Gasteiger partial charge >= 0.3 is 0 Å². The molecule has 0 amide bonds. The number of nitrogens with one attached hydrogen (secondary N) is 1. The van der Waals surface area contributed by atoms with E-state index in [4.69, 9.17) is 4.74 Å². The fourth-order valence-electron chi connectivity index (χ4n) is 1.97. The molecule has 1 heterocycles. The maximum atomic E-state index is 5.19. The molecular formula is C12H21N3O. The lowest BCUT2D eigenvalue weighted by Crippen LogP contribution is -2.15. The molecule has 1 aliphatic rings. The topological polar surface area (TPSA) is 39.1 Å². The number of rotatable bonds is 5. The van der Waals surface area contributed by atoms with Gasteiger partial charge in [-0.15, -0.1) is 0 Å². The standard InChI is InChI=1S/C12H21N3O/c1-8-5-11(8)14-12-13-9(2)6-15(12)10(3)7-16-4/h6,8,10-11H,5,7H2,1-4H3,(H,13,14). The van der Waals surface area contributed by atoms with E-state index >= 15 is 0 Å². The van der Waals surface area contributed by atoms with Gasteiger partial charge in [-0.25, -0.2) is 4.98 Å². The highest BCUT2D eigenvalue weighted by molar-refractivity contribution is 5.33. The van der Waals surface area contributed by atoms with E-state index in [0.29, 0.717) is 18.7 Å². The summed E-state index contributed by atoms with van der Waals surface area (Å²) in [5, 5.41) is 3.49. The van der Waals surface area contributed by atoms with Gasteiger partial charge in [0, 0.05) is 19.3 Å². The summed E-state index contributed by atoms with van der Waals surface area (Å²) in [6.45, 7) is 7.14. The van der Waals surface area contributed by atoms with Crippen molar-refractivity contribution in [2.45, 2.75) is 39.3 Å². The maximum absolute atomic E-state index is 5.19. The van der Waals surface area contributed by atoms with Crippen molar-refractivity contribution >= 4 is 5.95 Å². The molecule has 0 aliphatic heterocycles. The molecule has 2 rings (SSSR count).